The van der Waals surface area contributed by atoms with Crippen molar-refractivity contribution in [1.82, 2.24) is 10.2 Å². The third-order valence-corrected chi connectivity index (χ3v) is 10.7. The fraction of sp³-hybridized carbons (Fsp3) is 0.639. The van der Waals surface area contributed by atoms with Gasteiger partial charge in [-0.15, -0.1) is 0 Å². The molecule has 0 saturated carbocycles. The summed E-state index contributed by atoms with van der Waals surface area (Å²) < 4.78 is 23.8. The number of esters is 1. The highest BCUT2D eigenvalue weighted by molar-refractivity contribution is 6.34. The van der Waals surface area contributed by atoms with Gasteiger partial charge < -0.3 is 29.0 Å². The molecule has 0 radical (unpaired) electrons. The van der Waals surface area contributed by atoms with Gasteiger partial charge in [0.05, 0.1) is 23.2 Å². The first-order valence-electron chi connectivity index (χ1n) is 16.5. The van der Waals surface area contributed by atoms with Crippen molar-refractivity contribution in [2.45, 2.75) is 122 Å². The second-order valence-corrected chi connectivity index (χ2v) is 15.2. The van der Waals surface area contributed by atoms with Crippen molar-refractivity contribution in [2.75, 3.05) is 26.1 Å². The fourth-order valence-electron chi connectivity index (χ4n) is 6.62. The van der Waals surface area contributed by atoms with Crippen LogP contribution in [0.3, 0.4) is 0 Å². The highest BCUT2D eigenvalue weighted by Crippen LogP contribution is 2.49. The largest absolute Gasteiger partial charge is 0.457 e. The zero-order chi connectivity index (χ0) is 35.9. The van der Waals surface area contributed by atoms with Gasteiger partial charge in [0, 0.05) is 32.0 Å². The summed E-state index contributed by atoms with van der Waals surface area (Å²) in [6.45, 7) is 15.3. The Kier molecular flexibility index (Phi) is 11.1. The van der Waals surface area contributed by atoms with Gasteiger partial charge in [0.2, 0.25) is 5.91 Å². The normalized spacial score (nSPS) is 33.9. The Bertz CT molecular complexity index is 1470. The molecule has 266 valence electrons. The van der Waals surface area contributed by atoms with E-state index in [1.54, 1.807) is 33.0 Å². The summed E-state index contributed by atoms with van der Waals surface area (Å²) in [5.74, 6) is -1.26. The Balaban J connectivity index is 1.78. The molecule has 3 aliphatic rings. The van der Waals surface area contributed by atoms with E-state index in [4.69, 9.17) is 30.5 Å². The van der Waals surface area contributed by atoms with Gasteiger partial charge in [0.1, 0.15) is 30.0 Å². The zero-order valence-electron chi connectivity index (χ0n) is 30.0. The van der Waals surface area contributed by atoms with Crippen LogP contribution in [0.25, 0.3) is 0 Å². The van der Waals surface area contributed by atoms with E-state index in [1.807, 2.05) is 71.7 Å². The van der Waals surface area contributed by atoms with Gasteiger partial charge in [0.25, 0.3) is 0 Å². The summed E-state index contributed by atoms with van der Waals surface area (Å²) in [5, 5.41) is 14.7. The lowest BCUT2D eigenvalue weighted by Crippen LogP contribution is -2.63. The minimum absolute atomic E-state index is 0.00450. The number of epoxide rings is 1. The van der Waals surface area contributed by atoms with Crippen LogP contribution < -0.4 is 10.2 Å². The number of likely N-dealkylation sites (N-methyl/N-ethyl adjacent to an activating group) is 1. The minimum atomic E-state index is -1.77. The Morgan fingerprint density at radius 3 is 2.54 bits per heavy atom. The molecule has 4 rings (SSSR count). The van der Waals surface area contributed by atoms with Gasteiger partial charge in [-0.25, -0.2) is 4.79 Å². The molecule has 1 aromatic carbocycles. The highest BCUT2D eigenvalue weighted by Gasteiger charge is 2.64. The molecule has 8 atom stereocenters. The molecule has 1 unspecified atom stereocenters. The lowest BCUT2D eigenvalue weighted by Gasteiger charge is -2.42. The second kappa shape index (κ2) is 14.1. The number of amides is 2. The second-order valence-electron chi connectivity index (χ2n) is 14.8. The SMILES string of the molecule is CO[C@@H]1/C=C/C=C(\C)Cc2cc(C)c(Cl)c(c2)N(C)C(=O)C[C@H](OC(=O)[C@H](C)N(C)C(C)(C)C)[C@]2(C)OC2[C@H](C)[C@@H]2C[C@]1(O)NC(=O)O2. The average Bonchev–Trinajstić information content (AvgIpc) is 3.69. The molecule has 2 amide bonds. The van der Waals surface area contributed by atoms with Crippen LogP contribution in [-0.4, -0.2) is 96.5 Å². The number of hydrogen-bond donors (Lipinski definition) is 2. The number of fused-ring (bicyclic) bond motifs is 5. The molecule has 2 fully saturated rings. The van der Waals surface area contributed by atoms with Crippen LogP contribution in [0.2, 0.25) is 5.02 Å². The summed E-state index contributed by atoms with van der Waals surface area (Å²) in [6.07, 6.45) is 1.77. The lowest BCUT2D eigenvalue weighted by molar-refractivity contribution is -0.160. The number of ether oxygens (including phenoxy) is 4. The Labute approximate surface area is 289 Å². The highest BCUT2D eigenvalue weighted by atomic mass is 35.5. The van der Waals surface area contributed by atoms with Gasteiger partial charge in [-0.3, -0.25) is 19.8 Å². The number of nitrogens with zero attached hydrogens (tertiary/aromatic N) is 2. The molecule has 1 aromatic rings. The van der Waals surface area contributed by atoms with E-state index >= 15 is 0 Å². The number of nitrogens with one attached hydrogen (secondary N) is 1. The number of rotatable bonds is 4. The van der Waals surface area contributed by atoms with Crippen molar-refractivity contribution in [3.05, 3.63) is 52.1 Å². The molecule has 0 aliphatic carbocycles. The molecule has 12 heteroatoms. The van der Waals surface area contributed by atoms with E-state index in [9.17, 15) is 19.5 Å². The van der Waals surface area contributed by atoms with Crippen molar-refractivity contribution in [1.29, 1.82) is 0 Å². The molecule has 11 nitrogen and oxygen atoms in total. The smallest absolute Gasteiger partial charge is 0.409 e. The third kappa shape index (κ3) is 7.91. The first-order valence-corrected chi connectivity index (χ1v) is 16.8. The number of allylic oxidation sites excluding steroid dienone is 3. The van der Waals surface area contributed by atoms with Crippen LogP contribution >= 0.6 is 11.6 Å². The number of anilines is 1. The summed E-state index contributed by atoms with van der Waals surface area (Å²) in [5.41, 5.74) is 0.131. The van der Waals surface area contributed by atoms with Gasteiger partial charge >= 0.3 is 12.1 Å². The summed E-state index contributed by atoms with van der Waals surface area (Å²) >= 11 is 6.76. The molecule has 48 heavy (non-hydrogen) atoms. The number of hydrogen-bond acceptors (Lipinski definition) is 9. The van der Waals surface area contributed by atoms with Crippen LogP contribution in [0.15, 0.2) is 35.9 Å². The quantitative estimate of drug-likeness (QED) is 0.328. The van der Waals surface area contributed by atoms with Gasteiger partial charge in [-0.2, -0.15) is 0 Å². The van der Waals surface area contributed by atoms with Crippen molar-refractivity contribution in [3.8, 4) is 0 Å². The number of methoxy groups -OCH3 is 1. The van der Waals surface area contributed by atoms with Crippen LogP contribution in [0, 0.1) is 12.8 Å². The Hall–Kier alpha value is -2.96. The predicted molar refractivity (Wildman–Crippen MR) is 184 cm³/mol. The van der Waals surface area contributed by atoms with E-state index in [1.165, 1.54) is 12.0 Å². The summed E-state index contributed by atoms with van der Waals surface area (Å²) in [4.78, 5) is 43.9. The maximum Gasteiger partial charge on any atom is 0.409 e. The van der Waals surface area contributed by atoms with Gasteiger partial charge in [0.15, 0.2) is 5.72 Å². The average molecular weight is 690 g/mol. The van der Waals surface area contributed by atoms with Gasteiger partial charge in [-0.1, -0.05) is 48.4 Å². The maximum atomic E-state index is 14.0. The Morgan fingerprint density at radius 2 is 1.92 bits per heavy atom. The van der Waals surface area contributed by atoms with E-state index in [0.717, 1.165) is 16.7 Å². The molecular weight excluding hydrogens is 638 g/mol. The molecule has 3 aliphatic heterocycles. The molecule has 0 aromatic heterocycles. The van der Waals surface area contributed by atoms with E-state index in [-0.39, 0.29) is 24.3 Å². The topological polar surface area (TPSA) is 130 Å². The fourth-order valence-corrected chi connectivity index (χ4v) is 6.86. The van der Waals surface area contributed by atoms with E-state index < -0.39 is 59.8 Å². The van der Waals surface area contributed by atoms with E-state index in [2.05, 4.69) is 5.32 Å². The minimum Gasteiger partial charge on any atom is -0.457 e. The predicted octanol–water partition coefficient (Wildman–Crippen LogP) is 5.09. The number of halogens is 1. The van der Waals surface area contributed by atoms with Crippen LogP contribution in [0.1, 0.15) is 72.4 Å². The van der Waals surface area contributed by atoms with Crippen molar-refractivity contribution >= 4 is 35.3 Å². The maximum absolute atomic E-state index is 14.0. The number of benzene rings is 1. The number of aryl methyl sites for hydroxylation is 1. The first-order chi connectivity index (χ1) is 22.2. The number of aliphatic hydroxyl groups is 1. The van der Waals surface area contributed by atoms with Crippen LogP contribution in [0.4, 0.5) is 10.5 Å². The molecule has 0 spiro atoms. The number of alkyl carbamates (subject to hydrolysis) is 1. The Morgan fingerprint density at radius 1 is 1.25 bits per heavy atom. The lowest BCUT2D eigenvalue weighted by atomic mass is 9.83. The monoisotopic (exact) mass is 689 g/mol. The molecule has 2 saturated heterocycles. The molecule has 3 heterocycles. The van der Waals surface area contributed by atoms with Crippen LogP contribution in [0.5, 0.6) is 0 Å². The third-order valence-electron chi connectivity index (χ3n) is 10.2. The summed E-state index contributed by atoms with van der Waals surface area (Å²) in [7, 11) is 4.97. The molecule has 4 bridgehead atoms. The molecule has 2 N–H and O–H groups in total. The number of carbonyl (C=O) groups excluding carboxylic acids is 3. The van der Waals surface area contributed by atoms with Crippen molar-refractivity contribution in [3.63, 3.8) is 0 Å². The number of carbonyl (C=O) groups is 3. The van der Waals surface area contributed by atoms with Crippen LogP contribution in [-0.2, 0) is 35.0 Å². The first kappa shape index (κ1) is 37.9. The summed E-state index contributed by atoms with van der Waals surface area (Å²) in [6, 6.07) is 3.26. The van der Waals surface area contributed by atoms with Gasteiger partial charge in [-0.05, 0) is 79.1 Å². The zero-order valence-corrected chi connectivity index (χ0v) is 30.8. The van der Waals surface area contributed by atoms with Crippen molar-refractivity contribution < 1.29 is 38.4 Å². The molecular formula is C36H52ClN3O8. The standard InChI is InChI=1S/C36H52ClN3O8/c1-20-13-12-14-27(45-11)36(44)19-26(46-33(43)38-36)22(3)31-35(8,48-31)28(47-32(42)23(4)40(10)34(5,6)7)18-29(41)39(9)25-17-24(15-20)16-21(2)30(25)37/h12-14,16-17,22-23,26-28,31,44H,15,18-19H2,1-11H3,(H,38,43)/b14-12+,20-13+/t22-,23+,26+,27-,28+,31?,35+,36-/m1/s1. The van der Waals surface area contributed by atoms with Crippen molar-refractivity contribution in [2.24, 2.45) is 5.92 Å². The van der Waals surface area contributed by atoms with E-state index in [0.29, 0.717) is 17.1 Å².